The van der Waals surface area contributed by atoms with Crippen LogP contribution < -0.4 is 21.5 Å². The summed E-state index contributed by atoms with van der Waals surface area (Å²) in [7, 11) is 0. The van der Waals surface area contributed by atoms with Gasteiger partial charge in [-0.1, -0.05) is 24.3 Å². The molecule has 0 fully saturated rings. The molecule has 1 amide bonds. The summed E-state index contributed by atoms with van der Waals surface area (Å²) in [6.07, 6.45) is 0.791. The Labute approximate surface area is 223 Å². The van der Waals surface area contributed by atoms with E-state index in [9.17, 15) is 24.3 Å². The molecule has 0 aliphatic rings. The highest BCUT2D eigenvalue weighted by Crippen LogP contribution is 2.23. The molecule has 2 aromatic carbocycles. The number of nitrogen functional groups attached to an aromatic ring is 2. The summed E-state index contributed by atoms with van der Waals surface area (Å²) in [5.41, 5.74) is 13.8. The van der Waals surface area contributed by atoms with Gasteiger partial charge in [0.15, 0.2) is 0 Å². The van der Waals surface area contributed by atoms with Crippen LogP contribution in [0.2, 0.25) is 0 Å². The first-order valence-corrected chi connectivity index (χ1v) is 11.7. The number of nitrogens with one attached hydrogen (secondary N) is 2. The van der Waals surface area contributed by atoms with Gasteiger partial charge in [0.1, 0.15) is 18.2 Å². The minimum absolute atomic E-state index is 0.0239. The second kappa shape index (κ2) is 12.8. The Morgan fingerprint density at radius 3 is 2.44 bits per heavy atom. The van der Waals surface area contributed by atoms with E-state index in [0.29, 0.717) is 22.5 Å². The third-order valence-corrected chi connectivity index (χ3v) is 5.66. The van der Waals surface area contributed by atoms with Crippen LogP contribution in [-0.2, 0) is 20.8 Å². The van der Waals surface area contributed by atoms with Crippen LogP contribution in [-0.4, -0.2) is 57.3 Å². The number of aromatic nitrogens is 1. The average molecular weight is 534 g/mol. The number of amides is 1. The number of nitrogens with zero attached hydrogens (tertiary/aromatic N) is 1. The quantitative estimate of drug-likeness (QED) is 0.106. The van der Waals surface area contributed by atoms with Gasteiger partial charge in [-0.3, -0.25) is 24.8 Å². The molecule has 1 heterocycles. The summed E-state index contributed by atoms with van der Waals surface area (Å²) in [5.74, 6) is -4.42. The summed E-state index contributed by atoms with van der Waals surface area (Å²) in [6.45, 7) is -0.201. The summed E-state index contributed by atoms with van der Waals surface area (Å²) in [5, 5.41) is 28.6. The smallest absolute Gasteiger partial charge is 0.372 e. The minimum atomic E-state index is -1.61. The van der Waals surface area contributed by atoms with Gasteiger partial charge in [0.2, 0.25) is 5.78 Å². The maximum absolute atomic E-state index is 13.1. The number of ether oxygens (including phenoxy) is 1. The van der Waals surface area contributed by atoms with Crippen molar-refractivity contribution < 1.29 is 34.1 Å². The maximum Gasteiger partial charge on any atom is 0.372 e. The van der Waals surface area contributed by atoms with Crippen molar-refractivity contribution in [3.8, 4) is 17.0 Å². The van der Waals surface area contributed by atoms with Crippen molar-refractivity contribution in [2.75, 3.05) is 12.3 Å². The number of pyridine rings is 1. The molecular formula is C27H27N5O7. The fraction of sp³-hybridized carbons (Fsp3) is 0.185. The number of carbonyl (C=O) groups excluding carboxylic acids is 2. The molecule has 12 nitrogen and oxygen atoms in total. The number of carbonyl (C=O) groups is 4. The van der Waals surface area contributed by atoms with Crippen molar-refractivity contribution in [1.82, 2.24) is 10.3 Å². The van der Waals surface area contributed by atoms with E-state index < -0.39 is 36.1 Å². The molecule has 1 atom stereocenters. The van der Waals surface area contributed by atoms with E-state index in [1.807, 2.05) is 0 Å². The molecule has 0 radical (unpaired) electrons. The molecule has 0 aliphatic carbocycles. The van der Waals surface area contributed by atoms with Crippen LogP contribution in [0.3, 0.4) is 0 Å². The average Bonchev–Trinajstić information content (AvgIpc) is 2.90. The molecule has 39 heavy (non-hydrogen) atoms. The lowest BCUT2D eigenvalue weighted by atomic mass is 10.0. The fourth-order valence-corrected chi connectivity index (χ4v) is 3.60. The zero-order valence-corrected chi connectivity index (χ0v) is 20.7. The monoisotopic (exact) mass is 533 g/mol. The lowest BCUT2D eigenvalue weighted by Gasteiger charge is -2.20. The normalized spacial score (nSPS) is 11.3. The number of carboxylic acid groups (broad SMARTS) is 2. The zero-order chi connectivity index (χ0) is 28.5. The molecule has 1 aromatic heterocycles. The van der Waals surface area contributed by atoms with Crippen LogP contribution in [0, 0.1) is 5.41 Å². The first kappa shape index (κ1) is 28.3. The number of nitrogens with two attached hydrogens (primary N) is 2. The van der Waals surface area contributed by atoms with Gasteiger partial charge in [0.05, 0.1) is 23.6 Å². The van der Waals surface area contributed by atoms with Crippen molar-refractivity contribution in [3.63, 3.8) is 0 Å². The highest BCUT2D eigenvalue weighted by molar-refractivity contribution is 6.33. The molecule has 0 saturated carbocycles. The minimum Gasteiger partial charge on any atom is -0.491 e. The zero-order valence-electron chi connectivity index (χ0n) is 20.7. The molecule has 3 rings (SSSR count). The third-order valence-electron chi connectivity index (χ3n) is 5.66. The second-order valence-electron chi connectivity index (χ2n) is 8.61. The Morgan fingerprint density at radius 2 is 1.79 bits per heavy atom. The molecule has 0 unspecified atom stereocenters. The number of amidine groups is 1. The summed E-state index contributed by atoms with van der Waals surface area (Å²) in [4.78, 5) is 51.4. The number of aliphatic carboxylic acids is 2. The number of rotatable bonds is 13. The van der Waals surface area contributed by atoms with Crippen LogP contribution in [0.15, 0.2) is 60.8 Å². The SMILES string of the molecule is N=C(N)c1ccc(CC(=O)C(=O)O)c(OC[C@@H](CCC(=O)O)NC(=O)c2cccc(-c3ccc(N)cn3)c2)c1. The first-order valence-electron chi connectivity index (χ1n) is 11.7. The van der Waals surface area contributed by atoms with Crippen LogP contribution in [0.25, 0.3) is 11.3 Å². The van der Waals surface area contributed by atoms with E-state index in [-0.39, 0.29) is 42.2 Å². The third kappa shape index (κ3) is 8.12. The number of hydrogen-bond donors (Lipinski definition) is 6. The second-order valence-corrected chi connectivity index (χ2v) is 8.61. The molecule has 0 spiro atoms. The Balaban J connectivity index is 1.80. The van der Waals surface area contributed by atoms with Crippen molar-refractivity contribution in [1.29, 1.82) is 5.41 Å². The van der Waals surface area contributed by atoms with Gasteiger partial charge < -0.3 is 31.7 Å². The van der Waals surface area contributed by atoms with E-state index >= 15 is 0 Å². The highest BCUT2D eigenvalue weighted by Gasteiger charge is 2.20. The van der Waals surface area contributed by atoms with Crippen molar-refractivity contribution >= 4 is 35.2 Å². The number of ketones is 1. The Hall–Kier alpha value is -5.26. The predicted molar refractivity (Wildman–Crippen MR) is 142 cm³/mol. The summed E-state index contributed by atoms with van der Waals surface area (Å²) < 4.78 is 5.82. The van der Waals surface area contributed by atoms with Gasteiger partial charge >= 0.3 is 11.9 Å². The number of carboxylic acids is 2. The van der Waals surface area contributed by atoms with Crippen LogP contribution in [0.5, 0.6) is 5.75 Å². The molecule has 8 N–H and O–H groups in total. The van der Waals surface area contributed by atoms with Crippen molar-refractivity contribution in [2.24, 2.45) is 5.73 Å². The lowest BCUT2D eigenvalue weighted by molar-refractivity contribution is -0.148. The fourth-order valence-electron chi connectivity index (χ4n) is 3.60. The Morgan fingerprint density at radius 1 is 1.03 bits per heavy atom. The number of benzene rings is 2. The molecule has 0 bridgehead atoms. The first-order chi connectivity index (χ1) is 18.5. The number of hydrogen-bond acceptors (Lipinski definition) is 8. The van der Waals surface area contributed by atoms with Gasteiger partial charge in [0, 0.05) is 35.1 Å². The van der Waals surface area contributed by atoms with Gasteiger partial charge in [0.25, 0.3) is 5.91 Å². The number of anilines is 1. The highest BCUT2D eigenvalue weighted by atomic mass is 16.5. The van der Waals surface area contributed by atoms with Crippen LogP contribution in [0.4, 0.5) is 5.69 Å². The van der Waals surface area contributed by atoms with Crippen molar-refractivity contribution in [3.05, 3.63) is 77.5 Å². The number of Topliss-reactive ketones (excluding diaryl/α,β-unsaturated/α-hetero) is 1. The topological polar surface area (TPSA) is 219 Å². The summed E-state index contributed by atoms with van der Waals surface area (Å²) in [6, 6.07) is 13.6. The van der Waals surface area contributed by atoms with Gasteiger partial charge in [-0.25, -0.2) is 4.79 Å². The van der Waals surface area contributed by atoms with Gasteiger partial charge in [-0.05, 0) is 36.8 Å². The molecule has 12 heteroatoms. The summed E-state index contributed by atoms with van der Waals surface area (Å²) >= 11 is 0. The van der Waals surface area contributed by atoms with Crippen molar-refractivity contribution in [2.45, 2.75) is 25.3 Å². The van der Waals surface area contributed by atoms with Gasteiger partial charge in [-0.15, -0.1) is 0 Å². The molecule has 0 aliphatic heterocycles. The maximum atomic E-state index is 13.1. The van der Waals surface area contributed by atoms with E-state index in [4.69, 9.17) is 26.7 Å². The van der Waals surface area contributed by atoms with E-state index in [1.54, 1.807) is 36.4 Å². The Kier molecular flexibility index (Phi) is 9.30. The van der Waals surface area contributed by atoms with Crippen LogP contribution >= 0.6 is 0 Å². The van der Waals surface area contributed by atoms with Gasteiger partial charge in [-0.2, -0.15) is 0 Å². The lowest BCUT2D eigenvalue weighted by Crippen LogP contribution is -2.39. The molecular weight excluding hydrogens is 506 g/mol. The molecule has 0 saturated heterocycles. The molecule has 202 valence electrons. The Bertz CT molecular complexity index is 1410. The largest absolute Gasteiger partial charge is 0.491 e. The van der Waals surface area contributed by atoms with E-state index in [1.165, 1.54) is 24.4 Å². The standard InChI is InChI=1S/C27H27N5O7/c28-19-6-8-21(31-13-19)15-2-1-3-18(10-15)26(36)32-20(7-9-24(34)35)14-39-23-12-17(25(29)30)5-4-16(23)11-22(33)27(37)38/h1-6,8,10,12-13,20H,7,9,11,14,28H2,(H3,29,30)(H,32,36)(H,34,35)(H,37,38)/t20-/m1/s1. The molecule has 3 aromatic rings. The van der Waals surface area contributed by atoms with E-state index in [2.05, 4.69) is 10.3 Å². The predicted octanol–water partition coefficient (Wildman–Crippen LogP) is 1.85. The van der Waals surface area contributed by atoms with Crippen LogP contribution in [0.1, 0.15) is 34.3 Å². The van der Waals surface area contributed by atoms with E-state index in [0.717, 1.165) is 0 Å².